The summed E-state index contributed by atoms with van der Waals surface area (Å²) in [5, 5.41) is 10.7. The minimum absolute atomic E-state index is 0.0529. The van der Waals surface area contributed by atoms with Crippen molar-refractivity contribution in [1.29, 1.82) is 0 Å². The Labute approximate surface area is 177 Å². The van der Waals surface area contributed by atoms with Gasteiger partial charge >= 0.3 is 0 Å². The molecule has 14 heteroatoms. The molecule has 2 atom stereocenters. The van der Waals surface area contributed by atoms with Gasteiger partial charge in [0.2, 0.25) is 11.8 Å². The van der Waals surface area contributed by atoms with E-state index in [1.807, 2.05) is 31.4 Å². The lowest BCUT2D eigenvalue weighted by atomic mass is 10.1. The SMILES string of the molecule is Cn1cc(-c2ccc3nc(C(c4nnc(CNS(=O)[O-])o4)S(C)(=O)=O)sc3c2)cn1. The van der Waals surface area contributed by atoms with Crippen molar-refractivity contribution >= 4 is 42.7 Å². The lowest BCUT2D eigenvalue weighted by Crippen LogP contribution is -2.15. The largest absolute Gasteiger partial charge is 0.760 e. The van der Waals surface area contributed by atoms with Crippen LogP contribution in [0.15, 0.2) is 35.0 Å². The van der Waals surface area contributed by atoms with Crippen molar-refractivity contribution in [2.75, 3.05) is 6.26 Å². The fraction of sp³-hybridized carbons (Fsp3) is 0.250. The molecule has 0 spiro atoms. The fourth-order valence-electron chi connectivity index (χ4n) is 2.84. The number of rotatable bonds is 7. The predicted molar refractivity (Wildman–Crippen MR) is 109 cm³/mol. The zero-order chi connectivity index (χ0) is 21.5. The third kappa shape index (κ3) is 4.32. The number of nitrogens with zero attached hydrogens (tertiary/aromatic N) is 5. The molecule has 0 bridgehead atoms. The minimum Gasteiger partial charge on any atom is -0.760 e. The Kier molecular flexibility index (Phi) is 5.50. The van der Waals surface area contributed by atoms with E-state index < -0.39 is 26.4 Å². The number of benzene rings is 1. The molecule has 3 aromatic heterocycles. The molecule has 3 heterocycles. The summed E-state index contributed by atoms with van der Waals surface area (Å²) in [7, 11) is -1.87. The van der Waals surface area contributed by atoms with Gasteiger partial charge in [-0.15, -0.1) is 21.5 Å². The normalized spacial score (nSPS) is 14.2. The molecule has 0 saturated carbocycles. The van der Waals surface area contributed by atoms with E-state index in [0.717, 1.165) is 22.1 Å². The van der Waals surface area contributed by atoms with Crippen LogP contribution >= 0.6 is 11.3 Å². The van der Waals surface area contributed by atoms with Crippen molar-refractivity contribution in [1.82, 2.24) is 29.7 Å². The second kappa shape index (κ2) is 7.96. The Morgan fingerprint density at radius 3 is 2.80 bits per heavy atom. The van der Waals surface area contributed by atoms with Gasteiger partial charge in [-0.1, -0.05) is 6.07 Å². The molecule has 0 amide bonds. The average Bonchev–Trinajstić information content (AvgIpc) is 3.38. The number of sulfone groups is 1. The molecule has 1 aromatic carbocycles. The molecule has 0 saturated heterocycles. The first-order valence-corrected chi connectivity index (χ1v) is 12.3. The van der Waals surface area contributed by atoms with Crippen molar-refractivity contribution in [3.63, 3.8) is 0 Å². The number of hydrogen-bond acceptors (Lipinski definition) is 10. The van der Waals surface area contributed by atoms with E-state index in [0.29, 0.717) is 5.52 Å². The maximum Gasteiger partial charge on any atom is 0.241 e. The van der Waals surface area contributed by atoms with Crippen LogP contribution in [0.2, 0.25) is 0 Å². The van der Waals surface area contributed by atoms with Crippen LogP contribution < -0.4 is 4.72 Å². The zero-order valence-corrected chi connectivity index (χ0v) is 18.1. The van der Waals surface area contributed by atoms with Crippen LogP contribution in [0.1, 0.15) is 22.0 Å². The second-order valence-electron chi connectivity index (χ2n) is 6.44. The fourth-order valence-corrected chi connectivity index (χ4v) is 5.61. The van der Waals surface area contributed by atoms with E-state index in [1.165, 1.54) is 11.3 Å². The van der Waals surface area contributed by atoms with Crippen molar-refractivity contribution < 1.29 is 21.6 Å². The number of fused-ring (bicyclic) bond motifs is 1. The van der Waals surface area contributed by atoms with E-state index in [2.05, 4.69) is 25.0 Å². The molecule has 1 N–H and O–H groups in total. The zero-order valence-electron chi connectivity index (χ0n) is 15.7. The van der Waals surface area contributed by atoms with Crippen LogP contribution in [-0.2, 0) is 34.7 Å². The smallest absolute Gasteiger partial charge is 0.241 e. The van der Waals surface area contributed by atoms with Crippen LogP contribution in [0.3, 0.4) is 0 Å². The van der Waals surface area contributed by atoms with E-state index in [-0.39, 0.29) is 23.3 Å². The number of aryl methyl sites for hydroxylation is 1. The molecular weight excluding hydrogens is 452 g/mol. The van der Waals surface area contributed by atoms with Crippen LogP contribution in [0, 0.1) is 0 Å². The monoisotopic (exact) mass is 467 g/mol. The van der Waals surface area contributed by atoms with Gasteiger partial charge in [0.1, 0.15) is 5.01 Å². The highest BCUT2D eigenvalue weighted by atomic mass is 32.2. The van der Waals surface area contributed by atoms with Crippen molar-refractivity contribution in [3.8, 4) is 11.1 Å². The third-order valence-corrected chi connectivity index (χ3v) is 7.04. The van der Waals surface area contributed by atoms with Gasteiger partial charge in [-0.3, -0.25) is 8.89 Å². The van der Waals surface area contributed by atoms with E-state index in [9.17, 15) is 17.2 Å². The van der Waals surface area contributed by atoms with Gasteiger partial charge in [0.25, 0.3) is 0 Å². The highest BCUT2D eigenvalue weighted by Crippen LogP contribution is 2.36. The average molecular weight is 468 g/mol. The van der Waals surface area contributed by atoms with Crippen molar-refractivity contribution in [2.24, 2.45) is 7.05 Å². The molecule has 4 aromatic rings. The molecule has 0 radical (unpaired) electrons. The molecular formula is C16H15N6O5S3-. The van der Waals surface area contributed by atoms with E-state index >= 15 is 0 Å². The van der Waals surface area contributed by atoms with Crippen LogP contribution in [-0.4, -0.2) is 48.4 Å². The lowest BCUT2D eigenvalue weighted by Gasteiger charge is -2.07. The predicted octanol–water partition coefficient (Wildman–Crippen LogP) is 1.10. The minimum atomic E-state index is -3.70. The number of nitrogens with one attached hydrogen (secondary N) is 1. The Morgan fingerprint density at radius 2 is 2.13 bits per heavy atom. The highest BCUT2D eigenvalue weighted by Gasteiger charge is 2.33. The van der Waals surface area contributed by atoms with Gasteiger partial charge in [-0.2, -0.15) is 5.10 Å². The highest BCUT2D eigenvalue weighted by molar-refractivity contribution is 7.91. The van der Waals surface area contributed by atoms with Crippen LogP contribution in [0.5, 0.6) is 0 Å². The van der Waals surface area contributed by atoms with E-state index in [4.69, 9.17) is 4.42 Å². The molecule has 0 aliphatic rings. The molecule has 0 aliphatic heterocycles. The molecule has 2 unspecified atom stereocenters. The molecule has 0 aliphatic carbocycles. The van der Waals surface area contributed by atoms with Gasteiger partial charge in [-0.05, 0) is 17.7 Å². The summed E-state index contributed by atoms with van der Waals surface area (Å²) in [4.78, 5) is 4.46. The molecule has 4 rings (SSSR count). The molecule has 158 valence electrons. The number of aromatic nitrogens is 5. The summed E-state index contributed by atoms with van der Waals surface area (Å²) in [6.07, 6.45) is 4.68. The standard InChI is InChI=1S/C16H16N6O5S3/c1-22-8-10(6-17-22)9-3-4-11-12(5-9)28-16(19-11)14(30(2,25)26)15-21-20-13(27-15)7-18-29(23)24/h3-6,8,14,18H,7H2,1-2H3,(H,23,24)/p-1. The summed E-state index contributed by atoms with van der Waals surface area (Å²) < 4.78 is 56.2. The summed E-state index contributed by atoms with van der Waals surface area (Å²) in [6.45, 7) is -0.242. The molecule has 0 fully saturated rings. The van der Waals surface area contributed by atoms with Gasteiger partial charge in [-0.25, -0.2) is 18.1 Å². The first-order valence-electron chi connectivity index (χ1n) is 8.44. The van der Waals surface area contributed by atoms with Crippen LogP contribution in [0.4, 0.5) is 0 Å². The maximum atomic E-state index is 12.5. The van der Waals surface area contributed by atoms with Crippen LogP contribution in [0.25, 0.3) is 21.3 Å². The number of hydrogen-bond donors (Lipinski definition) is 1. The third-order valence-electron chi connectivity index (χ3n) is 4.14. The topological polar surface area (TPSA) is 156 Å². The first kappa shape index (κ1) is 20.7. The van der Waals surface area contributed by atoms with Crippen molar-refractivity contribution in [3.05, 3.63) is 47.4 Å². The Morgan fingerprint density at radius 1 is 1.33 bits per heavy atom. The first-order chi connectivity index (χ1) is 14.2. The van der Waals surface area contributed by atoms with Gasteiger partial charge in [0.15, 0.2) is 15.1 Å². The van der Waals surface area contributed by atoms with Gasteiger partial charge < -0.3 is 8.97 Å². The van der Waals surface area contributed by atoms with Gasteiger partial charge in [0, 0.05) is 36.3 Å². The Bertz CT molecular complexity index is 1340. The lowest BCUT2D eigenvalue weighted by molar-refractivity contribution is 0.441. The summed E-state index contributed by atoms with van der Waals surface area (Å²) >= 11 is -1.30. The van der Waals surface area contributed by atoms with E-state index in [1.54, 1.807) is 10.9 Å². The number of thiazole rings is 1. The summed E-state index contributed by atoms with van der Waals surface area (Å²) in [6, 6.07) is 5.61. The Balaban J connectivity index is 1.72. The quantitative estimate of drug-likeness (QED) is 0.393. The summed E-state index contributed by atoms with van der Waals surface area (Å²) in [5.74, 6) is -0.222. The Hall–Kier alpha value is -2.52. The van der Waals surface area contributed by atoms with Crippen molar-refractivity contribution in [2.45, 2.75) is 11.8 Å². The summed E-state index contributed by atoms with van der Waals surface area (Å²) in [5.41, 5.74) is 2.50. The molecule has 11 nitrogen and oxygen atoms in total. The van der Waals surface area contributed by atoms with Gasteiger partial charge in [0.05, 0.1) is 23.0 Å². The maximum absolute atomic E-state index is 12.5. The second-order valence-corrected chi connectivity index (χ2v) is 10.4. The molecule has 30 heavy (non-hydrogen) atoms.